The fourth-order valence-corrected chi connectivity index (χ4v) is 1.60. The van der Waals surface area contributed by atoms with E-state index in [2.05, 4.69) is 39.4 Å². The SMILES string of the molecule is CCNc1nc(NCC(O)CC(C)C)nc(OC)n1. The molecule has 7 nitrogen and oxygen atoms in total. The molecule has 0 aliphatic carbocycles. The third-order valence-electron chi connectivity index (χ3n) is 2.37. The van der Waals surface area contributed by atoms with Gasteiger partial charge in [-0.15, -0.1) is 0 Å². The lowest BCUT2D eigenvalue weighted by atomic mass is 10.1. The van der Waals surface area contributed by atoms with Crippen molar-refractivity contribution < 1.29 is 9.84 Å². The molecule has 0 fully saturated rings. The van der Waals surface area contributed by atoms with Crippen LogP contribution in [0.1, 0.15) is 27.2 Å². The van der Waals surface area contributed by atoms with Gasteiger partial charge >= 0.3 is 6.01 Å². The maximum absolute atomic E-state index is 9.80. The van der Waals surface area contributed by atoms with Crippen LogP contribution in [0.25, 0.3) is 0 Å². The van der Waals surface area contributed by atoms with Crippen LogP contribution in [0.15, 0.2) is 0 Å². The predicted octanol–water partition coefficient (Wildman–Crippen LogP) is 1.13. The highest BCUT2D eigenvalue weighted by Crippen LogP contribution is 2.11. The number of rotatable bonds is 8. The second-order valence-corrected chi connectivity index (χ2v) is 4.66. The molecule has 0 saturated carbocycles. The van der Waals surface area contributed by atoms with Gasteiger partial charge in [-0.1, -0.05) is 13.8 Å². The molecule has 0 aromatic carbocycles. The van der Waals surface area contributed by atoms with Gasteiger partial charge in [0, 0.05) is 13.1 Å². The predicted molar refractivity (Wildman–Crippen MR) is 74.5 cm³/mol. The van der Waals surface area contributed by atoms with Gasteiger partial charge in [-0.3, -0.25) is 0 Å². The van der Waals surface area contributed by atoms with E-state index in [1.54, 1.807) is 0 Å². The molecule has 0 bridgehead atoms. The van der Waals surface area contributed by atoms with E-state index in [4.69, 9.17) is 4.74 Å². The van der Waals surface area contributed by atoms with Crippen LogP contribution in [0.3, 0.4) is 0 Å². The topological polar surface area (TPSA) is 92.2 Å². The summed E-state index contributed by atoms with van der Waals surface area (Å²) in [7, 11) is 1.50. The summed E-state index contributed by atoms with van der Waals surface area (Å²) in [6, 6.07) is 0.242. The summed E-state index contributed by atoms with van der Waals surface area (Å²) in [4.78, 5) is 12.3. The standard InChI is InChI=1S/C12H23N5O2/c1-5-13-10-15-11(17-12(16-10)19-4)14-7-9(18)6-8(2)3/h8-9,18H,5-7H2,1-4H3,(H2,13,14,15,16,17). The Morgan fingerprint density at radius 3 is 2.32 bits per heavy atom. The first-order valence-electron chi connectivity index (χ1n) is 6.51. The van der Waals surface area contributed by atoms with E-state index in [9.17, 15) is 5.11 Å². The van der Waals surface area contributed by atoms with E-state index in [0.717, 1.165) is 6.42 Å². The average Bonchev–Trinajstić information content (AvgIpc) is 2.35. The van der Waals surface area contributed by atoms with Crippen molar-refractivity contribution in [2.45, 2.75) is 33.3 Å². The lowest BCUT2D eigenvalue weighted by Crippen LogP contribution is -2.22. The monoisotopic (exact) mass is 269 g/mol. The number of nitrogens with zero attached hydrogens (tertiary/aromatic N) is 3. The Balaban J connectivity index is 2.63. The van der Waals surface area contributed by atoms with Crippen molar-refractivity contribution in [2.24, 2.45) is 5.92 Å². The molecule has 108 valence electrons. The Hall–Kier alpha value is -1.63. The first-order chi connectivity index (χ1) is 9.05. The summed E-state index contributed by atoms with van der Waals surface area (Å²) in [6.45, 7) is 7.20. The number of methoxy groups -OCH3 is 1. The van der Waals surface area contributed by atoms with E-state index in [1.165, 1.54) is 7.11 Å². The van der Waals surface area contributed by atoms with Gasteiger partial charge in [0.25, 0.3) is 0 Å². The number of ether oxygens (including phenoxy) is 1. The molecule has 1 aromatic rings. The van der Waals surface area contributed by atoms with Gasteiger partial charge in [0.15, 0.2) is 0 Å². The molecule has 1 aromatic heterocycles. The molecular formula is C12H23N5O2. The summed E-state index contributed by atoms with van der Waals surface area (Å²) in [5.41, 5.74) is 0. The molecule has 7 heteroatoms. The molecule has 3 N–H and O–H groups in total. The normalized spacial score (nSPS) is 12.3. The second kappa shape index (κ2) is 7.73. The summed E-state index contributed by atoms with van der Waals surface area (Å²) < 4.78 is 5.01. The second-order valence-electron chi connectivity index (χ2n) is 4.66. The number of aliphatic hydroxyl groups excluding tert-OH is 1. The average molecular weight is 269 g/mol. The van der Waals surface area contributed by atoms with Crippen molar-refractivity contribution in [3.63, 3.8) is 0 Å². The van der Waals surface area contributed by atoms with Crippen LogP contribution in [0.5, 0.6) is 6.01 Å². The first-order valence-corrected chi connectivity index (χ1v) is 6.51. The lowest BCUT2D eigenvalue weighted by molar-refractivity contribution is 0.161. The van der Waals surface area contributed by atoms with Gasteiger partial charge in [0.2, 0.25) is 11.9 Å². The highest BCUT2D eigenvalue weighted by molar-refractivity contribution is 5.35. The van der Waals surface area contributed by atoms with Crippen LogP contribution in [-0.2, 0) is 0 Å². The largest absolute Gasteiger partial charge is 0.467 e. The van der Waals surface area contributed by atoms with Crippen molar-refractivity contribution in [3.05, 3.63) is 0 Å². The molecular weight excluding hydrogens is 246 g/mol. The van der Waals surface area contributed by atoms with Crippen LogP contribution < -0.4 is 15.4 Å². The van der Waals surface area contributed by atoms with Crippen molar-refractivity contribution in [3.8, 4) is 6.01 Å². The fourth-order valence-electron chi connectivity index (χ4n) is 1.60. The maximum atomic E-state index is 9.80. The highest BCUT2D eigenvalue weighted by atomic mass is 16.5. The zero-order valence-corrected chi connectivity index (χ0v) is 12.0. The van der Waals surface area contributed by atoms with Crippen molar-refractivity contribution in [1.82, 2.24) is 15.0 Å². The molecule has 0 radical (unpaired) electrons. The fraction of sp³-hybridized carbons (Fsp3) is 0.750. The molecule has 0 saturated heterocycles. The minimum Gasteiger partial charge on any atom is -0.467 e. The summed E-state index contributed by atoms with van der Waals surface area (Å²) in [6.07, 6.45) is 0.306. The van der Waals surface area contributed by atoms with Crippen molar-refractivity contribution in [2.75, 3.05) is 30.8 Å². The van der Waals surface area contributed by atoms with Crippen LogP contribution in [-0.4, -0.2) is 46.4 Å². The zero-order valence-electron chi connectivity index (χ0n) is 12.0. The molecule has 0 aliphatic rings. The van der Waals surface area contributed by atoms with E-state index in [0.29, 0.717) is 30.9 Å². The molecule has 0 amide bonds. The minimum absolute atomic E-state index is 0.242. The molecule has 1 atom stereocenters. The Labute approximate surface area is 113 Å². The summed E-state index contributed by atoms with van der Waals surface area (Å²) in [5, 5.41) is 15.8. The van der Waals surface area contributed by atoms with Gasteiger partial charge < -0.3 is 20.5 Å². The molecule has 1 unspecified atom stereocenters. The van der Waals surface area contributed by atoms with Crippen LogP contribution in [0.4, 0.5) is 11.9 Å². The molecule has 19 heavy (non-hydrogen) atoms. The smallest absolute Gasteiger partial charge is 0.322 e. The molecule has 0 aliphatic heterocycles. The van der Waals surface area contributed by atoms with E-state index in [-0.39, 0.29) is 6.01 Å². The number of anilines is 2. The third-order valence-corrected chi connectivity index (χ3v) is 2.37. The van der Waals surface area contributed by atoms with Crippen molar-refractivity contribution >= 4 is 11.9 Å². The Morgan fingerprint density at radius 1 is 1.16 bits per heavy atom. The maximum Gasteiger partial charge on any atom is 0.322 e. The Bertz CT molecular complexity index is 386. The van der Waals surface area contributed by atoms with Gasteiger partial charge in [-0.05, 0) is 19.3 Å². The number of hydrogen-bond acceptors (Lipinski definition) is 7. The van der Waals surface area contributed by atoms with Gasteiger partial charge in [0.1, 0.15) is 0 Å². The number of aliphatic hydroxyl groups is 1. The van der Waals surface area contributed by atoms with Crippen LogP contribution in [0, 0.1) is 5.92 Å². The van der Waals surface area contributed by atoms with Gasteiger partial charge in [-0.2, -0.15) is 15.0 Å². The summed E-state index contributed by atoms with van der Waals surface area (Å²) in [5.74, 6) is 1.29. The summed E-state index contributed by atoms with van der Waals surface area (Å²) >= 11 is 0. The Kier molecular flexibility index (Phi) is 6.27. The third kappa shape index (κ3) is 5.69. The van der Waals surface area contributed by atoms with Crippen molar-refractivity contribution in [1.29, 1.82) is 0 Å². The van der Waals surface area contributed by atoms with Crippen LogP contribution in [0.2, 0.25) is 0 Å². The van der Waals surface area contributed by atoms with E-state index >= 15 is 0 Å². The lowest BCUT2D eigenvalue weighted by Gasteiger charge is -2.14. The molecule has 0 spiro atoms. The van der Waals surface area contributed by atoms with Gasteiger partial charge in [0.05, 0.1) is 13.2 Å². The molecule has 1 rings (SSSR count). The van der Waals surface area contributed by atoms with Crippen LogP contribution >= 0.6 is 0 Å². The first kappa shape index (κ1) is 15.4. The number of aromatic nitrogens is 3. The minimum atomic E-state index is -0.426. The Morgan fingerprint density at radius 2 is 1.79 bits per heavy atom. The number of hydrogen-bond donors (Lipinski definition) is 3. The van der Waals surface area contributed by atoms with Gasteiger partial charge in [-0.25, -0.2) is 0 Å². The van der Waals surface area contributed by atoms with E-state index < -0.39 is 6.10 Å². The quantitative estimate of drug-likeness (QED) is 0.651. The highest BCUT2D eigenvalue weighted by Gasteiger charge is 2.10. The zero-order chi connectivity index (χ0) is 14.3. The van der Waals surface area contributed by atoms with E-state index in [1.807, 2.05) is 6.92 Å². The molecule has 1 heterocycles. The number of nitrogens with one attached hydrogen (secondary N) is 2.